The lowest BCUT2D eigenvalue weighted by atomic mass is 10.1. The van der Waals surface area contributed by atoms with Crippen molar-refractivity contribution in [3.63, 3.8) is 0 Å². The summed E-state index contributed by atoms with van der Waals surface area (Å²) in [7, 11) is 0. The van der Waals surface area contributed by atoms with E-state index in [1.165, 1.54) is 0 Å². The van der Waals surface area contributed by atoms with Gasteiger partial charge in [0.1, 0.15) is 12.6 Å². The molecule has 0 bridgehead atoms. The number of hydrogen-bond donors (Lipinski definition) is 2. The Morgan fingerprint density at radius 1 is 1.48 bits per heavy atom. The minimum atomic E-state index is -0.648. The highest BCUT2D eigenvalue weighted by Crippen LogP contribution is 2.19. The van der Waals surface area contributed by atoms with Gasteiger partial charge in [0.15, 0.2) is 0 Å². The first kappa shape index (κ1) is 14.1. The maximum absolute atomic E-state index is 11.9. The van der Waals surface area contributed by atoms with Crippen LogP contribution in [0.5, 0.6) is 0 Å². The summed E-state index contributed by atoms with van der Waals surface area (Å²) in [4.78, 5) is 15.1. The van der Waals surface area contributed by atoms with Crippen LogP contribution in [0, 0.1) is 0 Å². The fourth-order valence-electron chi connectivity index (χ4n) is 2.68. The van der Waals surface area contributed by atoms with E-state index in [2.05, 4.69) is 4.98 Å². The number of nitrogens with two attached hydrogens (primary N) is 1. The van der Waals surface area contributed by atoms with Gasteiger partial charge in [-0.1, -0.05) is 18.2 Å². The normalized spacial score (nSPS) is 19.8. The van der Waals surface area contributed by atoms with E-state index >= 15 is 0 Å². The Balaban J connectivity index is 1.57. The molecule has 2 heterocycles. The zero-order chi connectivity index (χ0) is 14.7. The van der Waals surface area contributed by atoms with Crippen LogP contribution < -0.4 is 5.73 Å². The van der Waals surface area contributed by atoms with E-state index < -0.39 is 6.04 Å². The number of carbonyl (C=O) groups is 1. The van der Waals surface area contributed by atoms with Gasteiger partial charge in [-0.25, -0.2) is 0 Å². The molecule has 5 nitrogen and oxygen atoms in total. The number of ether oxygens (including phenoxy) is 2. The monoisotopic (exact) mass is 288 g/mol. The smallest absolute Gasteiger partial charge is 0.323 e. The van der Waals surface area contributed by atoms with Crippen LogP contribution in [0.1, 0.15) is 18.4 Å². The molecular formula is C16H20N2O3. The molecule has 1 aromatic heterocycles. The van der Waals surface area contributed by atoms with Crippen LogP contribution >= 0.6 is 0 Å². The number of aromatic nitrogens is 1. The first-order valence-corrected chi connectivity index (χ1v) is 7.33. The van der Waals surface area contributed by atoms with Crippen molar-refractivity contribution in [1.29, 1.82) is 0 Å². The highest BCUT2D eigenvalue weighted by molar-refractivity contribution is 5.84. The van der Waals surface area contributed by atoms with E-state index in [1.54, 1.807) is 0 Å². The molecule has 1 saturated heterocycles. The van der Waals surface area contributed by atoms with Gasteiger partial charge in [-0.15, -0.1) is 0 Å². The van der Waals surface area contributed by atoms with Gasteiger partial charge in [-0.2, -0.15) is 0 Å². The Kier molecular flexibility index (Phi) is 4.22. The number of rotatable bonds is 5. The Morgan fingerprint density at radius 3 is 3.14 bits per heavy atom. The summed E-state index contributed by atoms with van der Waals surface area (Å²) >= 11 is 0. The summed E-state index contributed by atoms with van der Waals surface area (Å²) in [5.74, 6) is -0.365. The Hall–Kier alpha value is -1.85. The third kappa shape index (κ3) is 3.25. The molecule has 1 aliphatic rings. The molecule has 1 unspecified atom stereocenters. The van der Waals surface area contributed by atoms with Crippen molar-refractivity contribution in [2.45, 2.75) is 31.4 Å². The van der Waals surface area contributed by atoms with Gasteiger partial charge >= 0.3 is 5.97 Å². The fraction of sp³-hybridized carbons (Fsp3) is 0.438. The SMILES string of the molecule is N[C@@H](Cc1c[nH]c2ccccc12)C(=O)OCC1CCCO1. The van der Waals surface area contributed by atoms with Gasteiger partial charge in [0.25, 0.3) is 0 Å². The molecule has 2 atom stereocenters. The summed E-state index contributed by atoms with van der Waals surface area (Å²) in [6.45, 7) is 1.06. The molecule has 3 rings (SSSR count). The molecule has 0 spiro atoms. The second kappa shape index (κ2) is 6.28. The number of carbonyl (C=O) groups excluding carboxylic acids is 1. The number of para-hydroxylation sites is 1. The fourth-order valence-corrected chi connectivity index (χ4v) is 2.68. The Morgan fingerprint density at radius 2 is 2.33 bits per heavy atom. The molecule has 1 aliphatic heterocycles. The second-order valence-corrected chi connectivity index (χ2v) is 5.44. The molecule has 2 aromatic rings. The quantitative estimate of drug-likeness (QED) is 0.822. The first-order valence-electron chi connectivity index (χ1n) is 7.33. The van der Waals surface area contributed by atoms with E-state index in [4.69, 9.17) is 15.2 Å². The average Bonchev–Trinajstić information content (AvgIpc) is 3.15. The van der Waals surface area contributed by atoms with Crippen LogP contribution in [0.2, 0.25) is 0 Å². The molecule has 21 heavy (non-hydrogen) atoms. The van der Waals surface area contributed by atoms with E-state index in [0.29, 0.717) is 13.0 Å². The lowest BCUT2D eigenvalue weighted by molar-refractivity contribution is -0.148. The standard InChI is InChI=1S/C16H20N2O3/c17-14(16(19)21-10-12-4-3-7-20-12)8-11-9-18-15-6-2-1-5-13(11)15/h1-2,5-6,9,12,14,18H,3-4,7-8,10,17H2/t12?,14-/m0/s1. The summed E-state index contributed by atoms with van der Waals surface area (Å²) in [6, 6.07) is 7.32. The zero-order valence-corrected chi connectivity index (χ0v) is 11.9. The van der Waals surface area contributed by atoms with E-state index in [9.17, 15) is 4.79 Å². The molecule has 0 amide bonds. The first-order chi connectivity index (χ1) is 10.2. The summed E-state index contributed by atoms with van der Waals surface area (Å²) in [5.41, 5.74) is 8.04. The lowest BCUT2D eigenvalue weighted by Gasteiger charge is -2.14. The minimum absolute atomic E-state index is 0.0363. The number of fused-ring (bicyclic) bond motifs is 1. The maximum atomic E-state index is 11.9. The van der Waals surface area contributed by atoms with Crippen molar-refractivity contribution < 1.29 is 14.3 Å². The van der Waals surface area contributed by atoms with Crippen molar-refractivity contribution in [3.05, 3.63) is 36.0 Å². The van der Waals surface area contributed by atoms with E-state index in [-0.39, 0.29) is 12.1 Å². The second-order valence-electron chi connectivity index (χ2n) is 5.44. The summed E-state index contributed by atoms with van der Waals surface area (Å²) in [5, 5.41) is 1.10. The van der Waals surface area contributed by atoms with Gasteiger partial charge in [0, 0.05) is 30.1 Å². The van der Waals surface area contributed by atoms with E-state index in [0.717, 1.165) is 35.9 Å². The van der Waals surface area contributed by atoms with Crippen LogP contribution in [0.15, 0.2) is 30.5 Å². The average molecular weight is 288 g/mol. The molecule has 1 fully saturated rings. The van der Waals surface area contributed by atoms with Crippen LogP contribution in [-0.2, 0) is 20.7 Å². The predicted molar refractivity (Wildman–Crippen MR) is 79.9 cm³/mol. The molecule has 1 aromatic carbocycles. The molecule has 0 radical (unpaired) electrons. The number of hydrogen-bond acceptors (Lipinski definition) is 4. The van der Waals surface area contributed by atoms with E-state index in [1.807, 2.05) is 30.5 Å². The molecule has 112 valence electrons. The van der Waals surface area contributed by atoms with Gasteiger partial charge in [0.05, 0.1) is 6.10 Å². The van der Waals surface area contributed by atoms with Crippen LogP contribution in [0.4, 0.5) is 0 Å². The third-order valence-corrected chi connectivity index (χ3v) is 3.85. The Bertz CT molecular complexity index is 617. The highest BCUT2D eigenvalue weighted by atomic mass is 16.6. The number of aromatic amines is 1. The number of esters is 1. The molecule has 0 saturated carbocycles. The van der Waals surface area contributed by atoms with Gasteiger partial charge < -0.3 is 20.2 Å². The van der Waals surface area contributed by atoms with Crippen LogP contribution in [-0.4, -0.2) is 36.3 Å². The Labute approximate surface area is 123 Å². The van der Waals surface area contributed by atoms with Crippen molar-refractivity contribution in [2.24, 2.45) is 5.73 Å². The van der Waals surface area contributed by atoms with Gasteiger partial charge in [0.2, 0.25) is 0 Å². The maximum Gasteiger partial charge on any atom is 0.323 e. The molecule has 5 heteroatoms. The highest BCUT2D eigenvalue weighted by Gasteiger charge is 2.21. The molecular weight excluding hydrogens is 268 g/mol. The van der Waals surface area contributed by atoms with Gasteiger partial charge in [-0.05, 0) is 24.5 Å². The zero-order valence-electron chi connectivity index (χ0n) is 11.9. The van der Waals surface area contributed by atoms with Gasteiger partial charge in [-0.3, -0.25) is 4.79 Å². The lowest BCUT2D eigenvalue weighted by Crippen LogP contribution is -2.35. The minimum Gasteiger partial charge on any atom is -0.462 e. The van der Waals surface area contributed by atoms with Crippen molar-refractivity contribution in [3.8, 4) is 0 Å². The van der Waals surface area contributed by atoms with Crippen molar-refractivity contribution in [1.82, 2.24) is 4.98 Å². The predicted octanol–water partition coefficient (Wildman–Crippen LogP) is 1.76. The summed E-state index contributed by atoms with van der Waals surface area (Å²) < 4.78 is 10.7. The van der Waals surface area contributed by atoms with Crippen molar-refractivity contribution >= 4 is 16.9 Å². The molecule has 3 N–H and O–H groups in total. The number of nitrogens with one attached hydrogen (secondary N) is 1. The number of H-pyrrole nitrogens is 1. The largest absolute Gasteiger partial charge is 0.462 e. The van der Waals surface area contributed by atoms with Crippen molar-refractivity contribution in [2.75, 3.05) is 13.2 Å². The summed E-state index contributed by atoms with van der Waals surface area (Å²) in [6.07, 6.45) is 4.38. The van der Waals surface area contributed by atoms with Crippen LogP contribution in [0.3, 0.4) is 0 Å². The topological polar surface area (TPSA) is 77.3 Å². The molecule has 0 aliphatic carbocycles. The number of benzene rings is 1. The third-order valence-electron chi connectivity index (χ3n) is 3.85. The van der Waals surface area contributed by atoms with Crippen LogP contribution in [0.25, 0.3) is 10.9 Å².